The van der Waals surface area contributed by atoms with Gasteiger partial charge in [0.05, 0.1) is 0 Å². The predicted octanol–water partition coefficient (Wildman–Crippen LogP) is 2.37. The maximum Gasteiger partial charge on any atom is 0.251 e. The van der Waals surface area contributed by atoms with Crippen molar-refractivity contribution in [2.45, 2.75) is 38.3 Å². The van der Waals surface area contributed by atoms with E-state index in [0.29, 0.717) is 0 Å². The Bertz CT molecular complexity index is 433. The molecule has 1 aliphatic carbocycles. The smallest absolute Gasteiger partial charge is 0.251 e. The third kappa shape index (κ3) is 2.69. The number of halogens is 1. The van der Waals surface area contributed by atoms with E-state index < -0.39 is 0 Å². The number of carbonyl (C=O) groups is 1. The third-order valence-electron chi connectivity index (χ3n) is 3.40. The molecule has 17 heavy (non-hydrogen) atoms. The summed E-state index contributed by atoms with van der Waals surface area (Å²) in [5.74, 6) is -0.0221. The Morgan fingerprint density at radius 1 is 1.47 bits per heavy atom. The van der Waals surface area contributed by atoms with Crippen LogP contribution >= 0.6 is 15.9 Å². The van der Waals surface area contributed by atoms with E-state index >= 15 is 0 Å². The van der Waals surface area contributed by atoms with Gasteiger partial charge in [0.25, 0.3) is 5.91 Å². The van der Waals surface area contributed by atoms with Gasteiger partial charge in [0.15, 0.2) is 0 Å². The second-order valence-corrected chi connectivity index (χ2v) is 5.44. The first-order valence-corrected chi connectivity index (χ1v) is 6.70. The van der Waals surface area contributed by atoms with Gasteiger partial charge < -0.3 is 11.1 Å². The molecule has 0 aliphatic heterocycles. The molecule has 0 aromatic heterocycles. The number of nitrogens with two attached hydrogens (primary N) is 1. The van der Waals surface area contributed by atoms with Gasteiger partial charge in [-0.05, 0) is 43.9 Å². The van der Waals surface area contributed by atoms with Crippen molar-refractivity contribution in [2.75, 3.05) is 0 Å². The lowest BCUT2D eigenvalue weighted by Gasteiger charge is -2.18. The molecule has 2 atom stereocenters. The van der Waals surface area contributed by atoms with Crippen LogP contribution in [0.5, 0.6) is 0 Å². The Labute approximate surface area is 110 Å². The van der Waals surface area contributed by atoms with E-state index in [9.17, 15) is 4.79 Å². The number of carbonyl (C=O) groups excluding carboxylic acids is 1. The zero-order chi connectivity index (χ0) is 12.4. The highest BCUT2D eigenvalue weighted by atomic mass is 79.9. The lowest BCUT2D eigenvalue weighted by molar-refractivity contribution is 0.0934. The summed E-state index contributed by atoms with van der Waals surface area (Å²) in [7, 11) is 0. The number of hydrogen-bond acceptors (Lipinski definition) is 2. The van der Waals surface area contributed by atoms with E-state index in [0.717, 1.165) is 34.9 Å². The molecule has 0 bridgehead atoms. The molecule has 0 radical (unpaired) electrons. The number of nitrogens with one attached hydrogen (secondary N) is 1. The summed E-state index contributed by atoms with van der Waals surface area (Å²) in [5, 5.41) is 3.03. The molecule has 4 heteroatoms. The van der Waals surface area contributed by atoms with Gasteiger partial charge in [0.1, 0.15) is 0 Å². The number of rotatable bonds is 2. The minimum atomic E-state index is -0.0221. The molecule has 92 valence electrons. The summed E-state index contributed by atoms with van der Waals surface area (Å²) in [6.07, 6.45) is 3.09. The van der Waals surface area contributed by atoms with E-state index in [-0.39, 0.29) is 18.0 Å². The second kappa shape index (κ2) is 5.19. The molecule has 1 amide bonds. The van der Waals surface area contributed by atoms with Crippen molar-refractivity contribution in [3.05, 3.63) is 33.8 Å². The SMILES string of the molecule is Cc1c(Br)cccc1C(=O)NC1CCCC1N. The molecular formula is C13H17BrN2O. The van der Waals surface area contributed by atoms with Crippen molar-refractivity contribution >= 4 is 21.8 Å². The fraction of sp³-hybridized carbons (Fsp3) is 0.462. The van der Waals surface area contributed by atoms with Crippen LogP contribution in [-0.4, -0.2) is 18.0 Å². The third-order valence-corrected chi connectivity index (χ3v) is 4.26. The van der Waals surface area contributed by atoms with Gasteiger partial charge in [0.2, 0.25) is 0 Å². The molecule has 3 N–H and O–H groups in total. The van der Waals surface area contributed by atoms with Gasteiger partial charge in [-0.3, -0.25) is 4.79 Å². The van der Waals surface area contributed by atoms with Crippen molar-refractivity contribution in [1.29, 1.82) is 0 Å². The quantitative estimate of drug-likeness (QED) is 0.880. The van der Waals surface area contributed by atoms with Gasteiger partial charge in [-0.2, -0.15) is 0 Å². The average molecular weight is 297 g/mol. The second-order valence-electron chi connectivity index (χ2n) is 4.59. The number of amides is 1. The zero-order valence-electron chi connectivity index (χ0n) is 9.87. The maximum atomic E-state index is 12.1. The molecule has 0 saturated heterocycles. The Kier molecular flexibility index (Phi) is 3.84. The topological polar surface area (TPSA) is 55.1 Å². The standard InChI is InChI=1S/C13H17BrN2O/c1-8-9(4-2-5-10(8)14)13(17)16-12-7-3-6-11(12)15/h2,4-5,11-12H,3,6-7,15H2,1H3,(H,16,17). The Hall–Kier alpha value is -0.870. The van der Waals surface area contributed by atoms with Crippen LogP contribution in [0, 0.1) is 6.92 Å². The number of benzene rings is 1. The average Bonchev–Trinajstić information content (AvgIpc) is 2.68. The highest BCUT2D eigenvalue weighted by molar-refractivity contribution is 9.10. The Balaban J connectivity index is 2.12. The van der Waals surface area contributed by atoms with Crippen molar-refractivity contribution in [2.24, 2.45) is 5.73 Å². The van der Waals surface area contributed by atoms with Crippen molar-refractivity contribution in [1.82, 2.24) is 5.32 Å². The molecule has 1 fully saturated rings. The van der Waals surface area contributed by atoms with Gasteiger partial charge in [-0.15, -0.1) is 0 Å². The van der Waals surface area contributed by atoms with Crippen LogP contribution in [0.1, 0.15) is 35.2 Å². The number of hydrogen-bond donors (Lipinski definition) is 2. The van der Waals surface area contributed by atoms with Crippen molar-refractivity contribution in [3.63, 3.8) is 0 Å². The highest BCUT2D eigenvalue weighted by Gasteiger charge is 2.26. The monoisotopic (exact) mass is 296 g/mol. The molecule has 1 saturated carbocycles. The van der Waals surface area contributed by atoms with E-state index in [2.05, 4.69) is 21.2 Å². The molecule has 1 aromatic carbocycles. The lowest BCUT2D eigenvalue weighted by Crippen LogP contribution is -2.44. The van der Waals surface area contributed by atoms with Crippen LogP contribution < -0.4 is 11.1 Å². The van der Waals surface area contributed by atoms with Gasteiger partial charge in [-0.25, -0.2) is 0 Å². The van der Waals surface area contributed by atoms with Gasteiger partial charge in [-0.1, -0.05) is 22.0 Å². The van der Waals surface area contributed by atoms with Crippen LogP contribution in [0.15, 0.2) is 22.7 Å². The van der Waals surface area contributed by atoms with Gasteiger partial charge >= 0.3 is 0 Å². The fourth-order valence-electron chi connectivity index (χ4n) is 2.27. The molecule has 0 spiro atoms. The molecule has 0 heterocycles. The minimum Gasteiger partial charge on any atom is -0.348 e. The van der Waals surface area contributed by atoms with Crippen LogP contribution in [0.2, 0.25) is 0 Å². The summed E-state index contributed by atoms with van der Waals surface area (Å²) in [4.78, 5) is 12.1. The first-order valence-electron chi connectivity index (χ1n) is 5.91. The Morgan fingerprint density at radius 2 is 2.24 bits per heavy atom. The normalized spacial score (nSPS) is 23.7. The Morgan fingerprint density at radius 3 is 2.88 bits per heavy atom. The van der Waals surface area contributed by atoms with E-state index in [1.165, 1.54) is 0 Å². The molecule has 1 aliphatic rings. The minimum absolute atomic E-state index is 0.0221. The summed E-state index contributed by atoms with van der Waals surface area (Å²) < 4.78 is 0.959. The summed E-state index contributed by atoms with van der Waals surface area (Å²) >= 11 is 3.43. The molecule has 3 nitrogen and oxygen atoms in total. The lowest BCUT2D eigenvalue weighted by atomic mass is 10.1. The molecule has 1 aromatic rings. The largest absolute Gasteiger partial charge is 0.348 e. The van der Waals surface area contributed by atoms with Crippen LogP contribution in [0.3, 0.4) is 0 Å². The summed E-state index contributed by atoms with van der Waals surface area (Å²) in [6.45, 7) is 1.94. The van der Waals surface area contributed by atoms with Crippen molar-refractivity contribution < 1.29 is 4.79 Å². The van der Waals surface area contributed by atoms with E-state index in [4.69, 9.17) is 5.73 Å². The van der Waals surface area contributed by atoms with Crippen molar-refractivity contribution in [3.8, 4) is 0 Å². The van der Waals surface area contributed by atoms with E-state index in [1.807, 2.05) is 25.1 Å². The van der Waals surface area contributed by atoms with E-state index in [1.54, 1.807) is 0 Å². The molecule has 2 unspecified atom stereocenters. The zero-order valence-corrected chi connectivity index (χ0v) is 11.5. The first-order chi connectivity index (χ1) is 8.09. The van der Waals surface area contributed by atoms with Gasteiger partial charge in [0, 0.05) is 22.1 Å². The highest BCUT2D eigenvalue weighted by Crippen LogP contribution is 2.21. The first kappa shape index (κ1) is 12.6. The predicted molar refractivity (Wildman–Crippen MR) is 72.0 cm³/mol. The maximum absolute atomic E-state index is 12.1. The molecular weight excluding hydrogens is 280 g/mol. The van der Waals surface area contributed by atoms with Crippen LogP contribution in [0.4, 0.5) is 0 Å². The summed E-state index contributed by atoms with van der Waals surface area (Å²) in [5.41, 5.74) is 7.64. The van der Waals surface area contributed by atoms with Crippen LogP contribution in [-0.2, 0) is 0 Å². The summed E-state index contributed by atoms with van der Waals surface area (Å²) in [6, 6.07) is 5.89. The molecule has 2 rings (SSSR count). The fourth-order valence-corrected chi connectivity index (χ4v) is 2.63. The van der Waals surface area contributed by atoms with Crippen LogP contribution in [0.25, 0.3) is 0 Å².